The van der Waals surface area contributed by atoms with Crippen molar-refractivity contribution in [3.63, 3.8) is 0 Å². The summed E-state index contributed by atoms with van der Waals surface area (Å²) in [5, 5.41) is 0.696. The molecule has 2 aromatic rings. The van der Waals surface area contributed by atoms with Gasteiger partial charge in [-0.1, -0.05) is 6.07 Å². The zero-order valence-electron chi connectivity index (χ0n) is 16.9. The van der Waals surface area contributed by atoms with E-state index in [0.717, 1.165) is 24.0 Å². The molecule has 0 atom stereocenters. The molecule has 0 unspecified atom stereocenters. The van der Waals surface area contributed by atoms with Crippen LogP contribution in [0.5, 0.6) is 5.75 Å². The molecule has 8 nitrogen and oxygen atoms in total. The van der Waals surface area contributed by atoms with E-state index in [-0.39, 0.29) is 19.0 Å². The lowest BCUT2D eigenvalue weighted by molar-refractivity contribution is -0.155. The van der Waals surface area contributed by atoms with Crippen molar-refractivity contribution in [2.75, 3.05) is 33.9 Å². The van der Waals surface area contributed by atoms with E-state index in [1.165, 1.54) is 0 Å². The van der Waals surface area contributed by atoms with Crippen molar-refractivity contribution in [1.82, 2.24) is 9.88 Å². The molecule has 0 aliphatic heterocycles. The first-order valence-electron chi connectivity index (χ1n) is 9.05. The molecule has 0 fully saturated rings. The largest absolute Gasteiger partial charge is 0.466 e. The molecule has 0 aliphatic carbocycles. The zero-order chi connectivity index (χ0) is 20.9. The summed E-state index contributed by atoms with van der Waals surface area (Å²) in [5.74, 6) is -0.356. The number of carbonyl (C=O) groups excluding carboxylic acids is 1. The van der Waals surface area contributed by atoms with Crippen molar-refractivity contribution >= 4 is 27.3 Å². The van der Waals surface area contributed by atoms with E-state index in [9.17, 15) is 13.2 Å². The normalized spacial score (nSPS) is 12.5. The molecule has 1 aromatic carbocycles. The van der Waals surface area contributed by atoms with Gasteiger partial charge in [0.15, 0.2) is 5.75 Å². The van der Waals surface area contributed by atoms with Crippen molar-refractivity contribution in [3.8, 4) is 5.75 Å². The minimum Gasteiger partial charge on any atom is -0.466 e. The lowest BCUT2D eigenvalue weighted by Crippen LogP contribution is -2.33. The second-order valence-electron chi connectivity index (χ2n) is 7.40. The van der Waals surface area contributed by atoms with Crippen LogP contribution in [-0.4, -0.2) is 58.1 Å². The molecule has 0 spiro atoms. The molecule has 0 bridgehead atoms. The molecule has 0 saturated carbocycles. The van der Waals surface area contributed by atoms with Crippen LogP contribution < -0.4 is 4.18 Å². The molecule has 156 valence electrons. The van der Waals surface area contributed by atoms with Crippen molar-refractivity contribution in [3.05, 3.63) is 30.0 Å². The number of nitrogens with zero attached hydrogens (tertiary/aromatic N) is 1. The van der Waals surface area contributed by atoms with Crippen molar-refractivity contribution in [1.29, 1.82) is 0 Å². The Balaban J connectivity index is 2.18. The molecule has 0 radical (unpaired) electrons. The fraction of sp³-hybridized carbons (Fsp3) is 0.526. The summed E-state index contributed by atoms with van der Waals surface area (Å²) in [6.07, 6.45) is 2.57. The minimum atomic E-state index is -4.37. The predicted molar refractivity (Wildman–Crippen MR) is 106 cm³/mol. The number of likely N-dealkylation sites (N-methyl/N-ethyl adjacent to an activating group) is 1. The SMILES string of the molecule is CCOC(=O)C(C)(C)COS(=O)(=O)Oc1cccc2[nH]cc(CCN(C)C)c12. The molecule has 0 aliphatic rings. The number of esters is 1. The first-order chi connectivity index (χ1) is 13.1. The van der Waals surface area contributed by atoms with Crippen LogP contribution in [0.3, 0.4) is 0 Å². The first-order valence-corrected chi connectivity index (χ1v) is 10.4. The maximum absolute atomic E-state index is 12.4. The number of H-pyrrole nitrogens is 1. The third-order valence-electron chi connectivity index (χ3n) is 4.16. The maximum atomic E-state index is 12.4. The topological polar surface area (TPSA) is 97.9 Å². The number of aromatic amines is 1. The quantitative estimate of drug-likeness (QED) is 0.599. The smallest absolute Gasteiger partial charge is 0.449 e. The summed E-state index contributed by atoms with van der Waals surface area (Å²) in [6.45, 7) is 5.40. The number of ether oxygens (including phenoxy) is 1. The Hall–Kier alpha value is -2.10. The molecular weight excluding hydrogens is 384 g/mol. The second-order valence-corrected chi connectivity index (χ2v) is 8.62. The van der Waals surface area contributed by atoms with Crippen LogP contribution in [0, 0.1) is 5.41 Å². The zero-order valence-corrected chi connectivity index (χ0v) is 17.8. The van der Waals surface area contributed by atoms with Gasteiger partial charge in [0.25, 0.3) is 0 Å². The van der Waals surface area contributed by atoms with Gasteiger partial charge in [0.1, 0.15) is 0 Å². The highest BCUT2D eigenvalue weighted by molar-refractivity contribution is 7.82. The Labute approximate surface area is 166 Å². The van der Waals surface area contributed by atoms with Gasteiger partial charge < -0.3 is 18.8 Å². The highest BCUT2D eigenvalue weighted by Crippen LogP contribution is 2.31. The predicted octanol–water partition coefficient (Wildman–Crippen LogP) is 2.50. The van der Waals surface area contributed by atoms with E-state index in [1.54, 1.807) is 32.9 Å². The van der Waals surface area contributed by atoms with Gasteiger partial charge in [0.05, 0.1) is 18.6 Å². The summed E-state index contributed by atoms with van der Waals surface area (Å²) in [6, 6.07) is 5.12. The van der Waals surface area contributed by atoms with Crippen LogP contribution in [0.25, 0.3) is 10.9 Å². The summed E-state index contributed by atoms with van der Waals surface area (Å²) in [4.78, 5) is 17.1. The molecule has 28 heavy (non-hydrogen) atoms. The van der Waals surface area contributed by atoms with E-state index < -0.39 is 21.8 Å². The Morgan fingerprint density at radius 1 is 1.25 bits per heavy atom. The Bertz CT molecular complexity index is 918. The average Bonchev–Trinajstić information content (AvgIpc) is 3.03. The van der Waals surface area contributed by atoms with Crippen molar-refractivity contribution in [2.24, 2.45) is 5.41 Å². The maximum Gasteiger partial charge on any atom is 0.449 e. The Morgan fingerprint density at radius 2 is 1.96 bits per heavy atom. The van der Waals surface area contributed by atoms with Crippen LogP contribution in [0.1, 0.15) is 26.3 Å². The van der Waals surface area contributed by atoms with E-state index >= 15 is 0 Å². The summed E-state index contributed by atoms with van der Waals surface area (Å²) in [7, 11) is -0.430. The van der Waals surface area contributed by atoms with Crippen LogP contribution in [0.15, 0.2) is 24.4 Å². The van der Waals surface area contributed by atoms with Crippen LogP contribution in [-0.2, 0) is 30.5 Å². The van der Waals surface area contributed by atoms with E-state index in [1.807, 2.05) is 31.3 Å². The monoisotopic (exact) mass is 412 g/mol. The molecule has 0 saturated heterocycles. The van der Waals surface area contributed by atoms with E-state index in [4.69, 9.17) is 13.1 Å². The first kappa shape index (κ1) is 22.2. The standard InChI is InChI=1S/C19H28N2O6S/c1-6-25-18(22)19(2,3)13-26-28(23,24)27-16-9-7-8-15-17(16)14(12-20-15)10-11-21(4)5/h7-9,12,20H,6,10-11,13H2,1-5H3. The number of fused-ring (bicyclic) bond motifs is 1. The van der Waals surface area contributed by atoms with Gasteiger partial charge in [-0.2, -0.15) is 8.42 Å². The molecule has 2 rings (SSSR count). The van der Waals surface area contributed by atoms with Crippen LogP contribution in [0.4, 0.5) is 0 Å². The van der Waals surface area contributed by atoms with Gasteiger partial charge >= 0.3 is 16.4 Å². The summed E-state index contributed by atoms with van der Waals surface area (Å²) < 4.78 is 39.8. The number of benzene rings is 1. The average molecular weight is 413 g/mol. The lowest BCUT2D eigenvalue weighted by Gasteiger charge is -2.21. The van der Waals surface area contributed by atoms with Crippen LogP contribution in [0.2, 0.25) is 0 Å². The molecule has 1 heterocycles. The van der Waals surface area contributed by atoms with Gasteiger partial charge in [-0.05, 0) is 59.0 Å². The van der Waals surface area contributed by atoms with Crippen LogP contribution >= 0.6 is 0 Å². The van der Waals surface area contributed by atoms with Gasteiger partial charge in [-0.3, -0.25) is 4.79 Å². The van der Waals surface area contributed by atoms with Gasteiger partial charge in [-0.25, -0.2) is 4.18 Å². The van der Waals surface area contributed by atoms with Crippen molar-refractivity contribution in [2.45, 2.75) is 27.2 Å². The highest BCUT2D eigenvalue weighted by Gasteiger charge is 2.32. The second kappa shape index (κ2) is 8.93. The third kappa shape index (κ3) is 5.70. The fourth-order valence-corrected chi connectivity index (χ4v) is 3.42. The summed E-state index contributed by atoms with van der Waals surface area (Å²) in [5.41, 5.74) is 0.596. The molecule has 9 heteroatoms. The Kier molecular flexibility index (Phi) is 7.08. The number of hydrogen-bond acceptors (Lipinski definition) is 7. The van der Waals surface area contributed by atoms with Gasteiger partial charge in [-0.15, -0.1) is 0 Å². The van der Waals surface area contributed by atoms with E-state index in [0.29, 0.717) is 5.39 Å². The highest BCUT2D eigenvalue weighted by atomic mass is 32.3. The molecular formula is C19H28N2O6S. The molecule has 1 N–H and O–H groups in total. The van der Waals surface area contributed by atoms with Gasteiger partial charge in [0, 0.05) is 23.6 Å². The minimum absolute atomic E-state index is 0.182. The number of rotatable bonds is 10. The molecule has 1 aromatic heterocycles. The number of aromatic nitrogens is 1. The summed E-state index contributed by atoms with van der Waals surface area (Å²) >= 11 is 0. The molecule has 0 amide bonds. The fourth-order valence-electron chi connectivity index (χ4n) is 2.57. The lowest BCUT2D eigenvalue weighted by atomic mass is 9.95. The Morgan fingerprint density at radius 3 is 2.61 bits per heavy atom. The third-order valence-corrected chi connectivity index (χ3v) is 4.95. The number of carbonyl (C=O) groups is 1. The van der Waals surface area contributed by atoms with Gasteiger partial charge in [0.2, 0.25) is 0 Å². The number of hydrogen-bond donors (Lipinski definition) is 1. The van der Waals surface area contributed by atoms with E-state index in [2.05, 4.69) is 4.98 Å². The van der Waals surface area contributed by atoms with Crippen molar-refractivity contribution < 1.29 is 26.3 Å². The number of nitrogens with one attached hydrogen (secondary N) is 1.